The monoisotopic (exact) mass is 351 g/mol. The van der Waals surface area contributed by atoms with Gasteiger partial charge in [-0.15, -0.1) is 0 Å². The fourth-order valence-electron chi connectivity index (χ4n) is 2.84. The standard InChI is InChI=1S/C20H21N3O3/c1-13(2)14-8-10-16(11-9-14)21-17(24)12-23-19(25)18(22-20(23)26)15-6-4-3-5-7-15/h3-11,13,18H,12H2,1-2H3,(H,21,24)(H,22,26). The Morgan fingerprint density at radius 2 is 1.73 bits per heavy atom. The van der Waals surface area contributed by atoms with Gasteiger partial charge in [-0.3, -0.25) is 14.5 Å². The molecule has 1 aliphatic heterocycles. The first kappa shape index (κ1) is 17.7. The Balaban J connectivity index is 1.63. The predicted molar refractivity (Wildman–Crippen MR) is 98.6 cm³/mol. The van der Waals surface area contributed by atoms with E-state index in [4.69, 9.17) is 0 Å². The van der Waals surface area contributed by atoms with Crippen LogP contribution in [0.3, 0.4) is 0 Å². The van der Waals surface area contributed by atoms with Crippen LogP contribution < -0.4 is 10.6 Å². The van der Waals surface area contributed by atoms with E-state index >= 15 is 0 Å². The fraction of sp³-hybridized carbons (Fsp3) is 0.250. The van der Waals surface area contributed by atoms with Crippen LogP contribution in [0.1, 0.15) is 36.9 Å². The van der Waals surface area contributed by atoms with Crippen LogP contribution in [0.5, 0.6) is 0 Å². The van der Waals surface area contributed by atoms with Crippen molar-refractivity contribution in [2.24, 2.45) is 0 Å². The van der Waals surface area contributed by atoms with Gasteiger partial charge in [-0.1, -0.05) is 56.3 Å². The van der Waals surface area contributed by atoms with Crippen LogP contribution in [0, 0.1) is 0 Å². The molecule has 2 aromatic rings. The minimum Gasteiger partial charge on any atom is -0.325 e. The summed E-state index contributed by atoms with van der Waals surface area (Å²) in [7, 11) is 0. The number of hydrogen-bond acceptors (Lipinski definition) is 3. The number of amides is 4. The van der Waals surface area contributed by atoms with Crippen LogP contribution in [0.4, 0.5) is 10.5 Å². The van der Waals surface area contributed by atoms with E-state index in [1.165, 1.54) is 5.56 Å². The minimum atomic E-state index is -0.748. The van der Waals surface area contributed by atoms with Crippen molar-refractivity contribution in [3.8, 4) is 0 Å². The molecule has 0 spiro atoms. The van der Waals surface area contributed by atoms with Crippen molar-refractivity contribution in [2.75, 3.05) is 11.9 Å². The second-order valence-electron chi connectivity index (χ2n) is 6.54. The maximum Gasteiger partial charge on any atom is 0.325 e. The lowest BCUT2D eigenvalue weighted by Crippen LogP contribution is -2.38. The normalized spacial score (nSPS) is 16.7. The molecule has 134 valence electrons. The molecule has 3 rings (SSSR count). The molecule has 0 bridgehead atoms. The number of anilines is 1. The first-order valence-electron chi connectivity index (χ1n) is 8.52. The first-order valence-corrected chi connectivity index (χ1v) is 8.52. The molecule has 1 heterocycles. The van der Waals surface area contributed by atoms with Gasteiger partial charge >= 0.3 is 6.03 Å². The lowest BCUT2D eigenvalue weighted by atomic mass is 10.0. The largest absolute Gasteiger partial charge is 0.325 e. The third kappa shape index (κ3) is 3.74. The summed E-state index contributed by atoms with van der Waals surface area (Å²) >= 11 is 0. The lowest BCUT2D eigenvalue weighted by Gasteiger charge is -2.13. The highest BCUT2D eigenvalue weighted by Gasteiger charge is 2.39. The van der Waals surface area contributed by atoms with Crippen molar-refractivity contribution >= 4 is 23.5 Å². The van der Waals surface area contributed by atoms with Gasteiger partial charge < -0.3 is 10.6 Å². The highest BCUT2D eigenvalue weighted by atomic mass is 16.2. The number of imide groups is 1. The Morgan fingerprint density at radius 3 is 2.35 bits per heavy atom. The van der Waals surface area contributed by atoms with Gasteiger partial charge in [0.25, 0.3) is 5.91 Å². The zero-order valence-corrected chi connectivity index (χ0v) is 14.7. The summed E-state index contributed by atoms with van der Waals surface area (Å²) in [5, 5.41) is 5.33. The number of carbonyl (C=O) groups is 3. The lowest BCUT2D eigenvalue weighted by molar-refractivity contribution is -0.130. The van der Waals surface area contributed by atoms with E-state index in [1.807, 2.05) is 30.3 Å². The first-order chi connectivity index (χ1) is 12.5. The van der Waals surface area contributed by atoms with E-state index in [-0.39, 0.29) is 6.54 Å². The van der Waals surface area contributed by atoms with E-state index in [1.54, 1.807) is 24.3 Å². The zero-order valence-electron chi connectivity index (χ0n) is 14.7. The molecule has 1 atom stereocenters. The molecule has 0 aliphatic carbocycles. The summed E-state index contributed by atoms with van der Waals surface area (Å²) in [4.78, 5) is 37.8. The third-order valence-corrected chi connectivity index (χ3v) is 4.32. The van der Waals surface area contributed by atoms with E-state index in [0.717, 1.165) is 4.90 Å². The molecule has 2 aromatic carbocycles. The summed E-state index contributed by atoms with van der Waals surface area (Å²) < 4.78 is 0. The number of rotatable bonds is 5. The molecule has 1 aliphatic rings. The number of hydrogen-bond donors (Lipinski definition) is 2. The van der Waals surface area contributed by atoms with E-state index in [2.05, 4.69) is 24.5 Å². The molecular formula is C20H21N3O3. The molecular weight excluding hydrogens is 330 g/mol. The van der Waals surface area contributed by atoms with E-state index < -0.39 is 23.9 Å². The Hall–Kier alpha value is -3.15. The zero-order chi connectivity index (χ0) is 18.7. The SMILES string of the molecule is CC(C)c1ccc(NC(=O)CN2C(=O)NC(c3ccccc3)C2=O)cc1. The molecule has 0 aromatic heterocycles. The third-order valence-electron chi connectivity index (χ3n) is 4.32. The summed E-state index contributed by atoms with van der Waals surface area (Å²) in [6.07, 6.45) is 0. The summed E-state index contributed by atoms with van der Waals surface area (Å²) in [5.41, 5.74) is 2.49. The van der Waals surface area contributed by atoms with Gasteiger partial charge in [0.05, 0.1) is 0 Å². The second-order valence-corrected chi connectivity index (χ2v) is 6.54. The van der Waals surface area contributed by atoms with Crippen molar-refractivity contribution in [3.63, 3.8) is 0 Å². The number of nitrogens with one attached hydrogen (secondary N) is 2. The average Bonchev–Trinajstić information content (AvgIpc) is 2.91. The summed E-state index contributed by atoms with van der Waals surface area (Å²) in [6.45, 7) is 3.86. The second kappa shape index (κ2) is 7.39. The van der Waals surface area contributed by atoms with Crippen LogP contribution in [-0.4, -0.2) is 29.3 Å². The smallest absolute Gasteiger partial charge is 0.325 e. The van der Waals surface area contributed by atoms with Gasteiger partial charge in [-0.25, -0.2) is 4.79 Å². The Bertz CT molecular complexity index is 816. The Kier molecular flexibility index (Phi) is 5.02. The fourth-order valence-corrected chi connectivity index (χ4v) is 2.84. The number of carbonyl (C=O) groups excluding carboxylic acids is 3. The van der Waals surface area contributed by atoms with Crippen LogP contribution >= 0.6 is 0 Å². The van der Waals surface area contributed by atoms with Gasteiger partial charge in [-0.05, 0) is 29.2 Å². The number of nitrogens with zero attached hydrogens (tertiary/aromatic N) is 1. The molecule has 2 N–H and O–H groups in total. The summed E-state index contributed by atoms with van der Waals surface area (Å²) in [5.74, 6) is -0.438. The molecule has 6 nitrogen and oxygen atoms in total. The topological polar surface area (TPSA) is 78.5 Å². The molecule has 1 saturated heterocycles. The van der Waals surface area contributed by atoms with Crippen LogP contribution in [0.25, 0.3) is 0 Å². The van der Waals surface area contributed by atoms with Gasteiger partial charge in [0.1, 0.15) is 12.6 Å². The highest BCUT2D eigenvalue weighted by Crippen LogP contribution is 2.22. The quantitative estimate of drug-likeness (QED) is 0.813. The molecule has 0 saturated carbocycles. The molecule has 6 heteroatoms. The van der Waals surface area contributed by atoms with Crippen molar-refractivity contribution in [1.29, 1.82) is 0 Å². The van der Waals surface area contributed by atoms with Gasteiger partial charge in [0.15, 0.2) is 0 Å². The van der Waals surface area contributed by atoms with Crippen LogP contribution in [0.2, 0.25) is 0 Å². The van der Waals surface area contributed by atoms with Crippen molar-refractivity contribution in [2.45, 2.75) is 25.8 Å². The Morgan fingerprint density at radius 1 is 1.08 bits per heavy atom. The van der Waals surface area contributed by atoms with Crippen LogP contribution in [-0.2, 0) is 9.59 Å². The van der Waals surface area contributed by atoms with Gasteiger partial charge in [0, 0.05) is 5.69 Å². The van der Waals surface area contributed by atoms with Gasteiger partial charge in [0.2, 0.25) is 5.91 Å². The molecule has 26 heavy (non-hydrogen) atoms. The highest BCUT2D eigenvalue weighted by molar-refractivity contribution is 6.08. The van der Waals surface area contributed by atoms with Gasteiger partial charge in [-0.2, -0.15) is 0 Å². The molecule has 1 unspecified atom stereocenters. The van der Waals surface area contributed by atoms with Crippen molar-refractivity contribution in [1.82, 2.24) is 10.2 Å². The van der Waals surface area contributed by atoms with E-state index in [0.29, 0.717) is 17.2 Å². The van der Waals surface area contributed by atoms with Crippen molar-refractivity contribution < 1.29 is 14.4 Å². The average molecular weight is 351 g/mol. The van der Waals surface area contributed by atoms with E-state index in [9.17, 15) is 14.4 Å². The summed E-state index contributed by atoms with van der Waals surface area (Å²) in [6, 6.07) is 15.2. The van der Waals surface area contributed by atoms with Crippen LogP contribution in [0.15, 0.2) is 54.6 Å². The molecule has 4 amide bonds. The molecule has 0 radical (unpaired) electrons. The number of benzene rings is 2. The maximum absolute atomic E-state index is 12.5. The maximum atomic E-state index is 12.5. The Labute approximate surface area is 152 Å². The molecule has 1 fully saturated rings. The number of urea groups is 1. The minimum absolute atomic E-state index is 0.320. The predicted octanol–water partition coefficient (Wildman–Crippen LogP) is 3.04. The van der Waals surface area contributed by atoms with Crippen molar-refractivity contribution in [3.05, 3.63) is 65.7 Å².